The smallest absolute Gasteiger partial charge is 0.166 e. The molecular formula is C14H9Cl2F3. The summed E-state index contributed by atoms with van der Waals surface area (Å²) in [6, 6.07) is 10.1. The Bertz CT molecular complexity index is 591. The molecule has 0 aliphatic carbocycles. The van der Waals surface area contributed by atoms with Crippen LogP contribution in [0.5, 0.6) is 0 Å². The Labute approximate surface area is 118 Å². The summed E-state index contributed by atoms with van der Waals surface area (Å²) >= 11 is 11.7. The largest absolute Gasteiger partial charge is 0.416 e. The van der Waals surface area contributed by atoms with E-state index < -0.39 is 11.7 Å². The molecule has 0 spiro atoms. The molecule has 19 heavy (non-hydrogen) atoms. The fourth-order valence-corrected chi connectivity index (χ4v) is 2.13. The molecule has 0 aliphatic rings. The molecule has 0 saturated heterocycles. The van der Waals surface area contributed by atoms with Crippen LogP contribution < -0.4 is 0 Å². The molecule has 2 rings (SSSR count). The third-order valence-corrected chi connectivity index (χ3v) is 3.32. The lowest BCUT2D eigenvalue weighted by molar-refractivity contribution is -0.137. The van der Waals surface area contributed by atoms with Crippen molar-refractivity contribution in [1.82, 2.24) is 0 Å². The molecule has 0 unspecified atom stereocenters. The highest BCUT2D eigenvalue weighted by atomic mass is 35.5. The zero-order valence-electron chi connectivity index (χ0n) is 9.64. The van der Waals surface area contributed by atoms with Crippen LogP contribution in [0.1, 0.15) is 11.1 Å². The van der Waals surface area contributed by atoms with Crippen molar-refractivity contribution in [2.75, 3.05) is 0 Å². The van der Waals surface area contributed by atoms with Gasteiger partial charge < -0.3 is 0 Å². The monoisotopic (exact) mass is 304 g/mol. The van der Waals surface area contributed by atoms with Crippen LogP contribution in [0.15, 0.2) is 42.5 Å². The zero-order chi connectivity index (χ0) is 14.0. The lowest BCUT2D eigenvalue weighted by Gasteiger charge is -2.10. The molecule has 2 aromatic rings. The van der Waals surface area contributed by atoms with E-state index in [-0.39, 0.29) is 5.88 Å². The summed E-state index contributed by atoms with van der Waals surface area (Å²) < 4.78 is 38.0. The number of benzene rings is 2. The maximum absolute atomic E-state index is 12.7. The first kappa shape index (κ1) is 14.2. The molecule has 100 valence electrons. The average Bonchev–Trinajstić information content (AvgIpc) is 2.38. The molecule has 0 saturated carbocycles. The summed E-state index contributed by atoms with van der Waals surface area (Å²) in [5.74, 6) is 0.281. The quantitative estimate of drug-likeness (QED) is 0.618. The summed E-state index contributed by atoms with van der Waals surface area (Å²) in [6.07, 6.45) is -4.37. The maximum Gasteiger partial charge on any atom is 0.416 e. The van der Waals surface area contributed by atoms with Gasteiger partial charge in [-0.15, -0.1) is 11.6 Å². The Morgan fingerprint density at radius 1 is 1.00 bits per heavy atom. The first-order chi connectivity index (χ1) is 8.91. The minimum absolute atomic E-state index is 0.281. The van der Waals surface area contributed by atoms with Crippen molar-refractivity contribution in [1.29, 1.82) is 0 Å². The predicted molar refractivity (Wildman–Crippen MR) is 71.4 cm³/mol. The third-order valence-electron chi connectivity index (χ3n) is 2.69. The molecule has 0 heterocycles. The minimum atomic E-state index is -4.37. The minimum Gasteiger partial charge on any atom is -0.166 e. The van der Waals surface area contributed by atoms with Crippen molar-refractivity contribution in [2.24, 2.45) is 0 Å². The summed E-state index contributed by atoms with van der Waals surface area (Å²) in [5.41, 5.74) is 1.08. The van der Waals surface area contributed by atoms with Crippen molar-refractivity contribution >= 4 is 23.2 Å². The van der Waals surface area contributed by atoms with Crippen molar-refractivity contribution in [3.05, 3.63) is 58.6 Å². The second-order valence-electron chi connectivity index (χ2n) is 4.03. The van der Waals surface area contributed by atoms with E-state index in [1.54, 1.807) is 24.3 Å². The second kappa shape index (κ2) is 5.43. The van der Waals surface area contributed by atoms with Gasteiger partial charge in [-0.05, 0) is 35.4 Å². The van der Waals surface area contributed by atoms with Crippen molar-refractivity contribution < 1.29 is 13.2 Å². The molecule has 5 heteroatoms. The summed E-state index contributed by atoms with van der Waals surface area (Å²) in [7, 11) is 0. The van der Waals surface area contributed by atoms with E-state index in [1.807, 2.05) is 0 Å². The molecule has 0 aliphatic heterocycles. The van der Waals surface area contributed by atoms with Gasteiger partial charge in [-0.25, -0.2) is 0 Å². The number of rotatable bonds is 2. The molecule has 0 atom stereocenters. The Morgan fingerprint density at radius 2 is 1.74 bits per heavy atom. The van der Waals surface area contributed by atoms with Crippen molar-refractivity contribution in [2.45, 2.75) is 12.1 Å². The van der Waals surface area contributed by atoms with Gasteiger partial charge in [0.1, 0.15) is 0 Å². The van der Waals surface area contributed by atoms with Crippen LogP contribution in [0.3, 0.4) is 0 Å². The van der Waals surface area contributed by atoms with E-state index in [4.69, 9.17) is 23.2 Å². The molecular weight excluding hydrogens is 296 g/mol. The van der Waals surface area contributed by atoms with Gasteiger partial charge in [0.25, 0.3) is 0 Å². The normalized spacial score (nSPS) is 11.6. The zero-order valence-corrected chi connectivity index (χ0v) is 11.2. The molecule has 0 bridgehead atoms. The number of halogens is 5. The van der Waals surface area contributed by atoms with Crippen molar-refractivity contribution in [3.63, 3.8) is 0 Å². The standard InChI is InChI=1S/C14H9Cl2F3/c15-8-9-4-5-13(16)12(6-9)10-2-1-3-11(7-10)14(17,18)19/h1-7H,8H2. The summed E-state index contributed by atoms with van der Waals surface area (Å²) in [5, 5.41) is 0.396. The lowest BCUT2D eigenvalue weighted by Crippen LogP contribution is -2.04. The van der Waals surface area contributed by atoms with Crippen LogP contribution in [0.25, 0.3) is 11.1 Å². The van der Waals surface area contributed by atoms with Gasteiger partial charge in [0.05, 0.1) is 5.56 Å². The average molecular weight is 305 g/mol. The van der Waals surface area contributed by atoms with Gasteiger partial charge in [0.15, 0.2) is 0 Å². The molecule has 0 nitrogen and oxygen atoms in total. The lowest BCUT2D eigenvalue weighted by atomic mass is 10.0. The van der Waals surface area contributed by atoms with Gasteiger partial charge in [-0.3, -0.25) is 0 Å². The van der Waals surface area contributed by atoms with E-state index in [9.17, 15) is 13.2 Å². The number of alkyl halides is 4. The van der Waals surface area contributed by atoms with Crippen LogP contribution in [-0.4, -0.2) is 0 Å². The van der Waals surface area contributed by atoms with E-state index in [0.717, 1.165) is 17.7 Å². The third kappa shape index (κ3) is 3.23. The first-order valence-electron chi connectivity index (χ1n) is 5.44. The fraction of sp³-hybridized carbons (Fsp3) is 0.143. The van der Waals surface area contributed by atoms with Crippen LogP contribution >= 0.6 is 23.2 Å². The van der Waals surface area contributed by atoms with Gasteiger partial charge in [0, 0.05) is 16.5 Å². The molecule has 0 aromatic heterocycles. The molecule has 0 fully saturated rings. The highest BCUT2D eigenvalue weighted by Gasteiger charge is 2.30. The van der Waals surface area contributed by atoms with Gasteiger partial charge in [-0.1, -0.05) is 29.8 Å². The Balaban J connectivity index is 2.53. The van der Waals surface area contributed by atoms with Crippen LogP contribution in [0, 0.1) is 0 Å². The number of hydrogen-bond donors (Lipinski definition) is 0. The SMILES string of the molecule is FC(F)(F)c1cccc(-c2cc(CCl)ccc2Cl)c1. The molecule has 0 amide bonds. The van der Waals surface area contributed by atoms with Crippen LogP contribution in [-0.2, 0) is 12.1 Å². The van der Waals surface area contributed by atoms with E-state index in [0.29, 0.717) is 16.1 Å². The van der Waals surface area contributed by atoms with Crippen molar-refractivity contribution in [3.8, 4) is 11.1 Å². The topological polar surface area (TPSA) is 0 Å². The Hall–Kier alpha value is -1.19. The van der Waals surface area contributed by atoms with Gasteiger partial charge in [0.2, 0.25) is 0 Å². The first-order valence-corrected chi connectivity index (χ1v) is 6.35. The van der Waals surface area contributed by atoms with Crippen LogP contribution in [0.2, 0.25) is 5.02 Å². The number of hydrogen-bond acceptors (Lipinski definition) is 0. The predicted octanol–water partition coefficient (Wildman–Crippen LogP) is 5.76. The van der Waals surface area contributed by atoms with Gasteiger partial charge in [-0.2, -0.15) is 13.2 Å². The van der Waals surface area contributed by atoms with E-state index >= 15 is 0 Å². The second-order valence-corrected chi connectivity index (χ2v) is 4.70. The van der Waals surface area contributed by atoms with Crippen LogP contribution in [0.4, 0.5) is 13.2 Å². The highest BCUT2D eigenvalue weighted by molar-refractivity contribution is 6.33. The molecule has 2 aromatic carbocycles. The highest BCUT2D eigenvalue weighted by Crippen LogP contribution is 2.34. The van der Waals surface area contributed by atoms with Gasteiger partial charge >= 0.3 is 6.18 Å². The Morgan fingerprint density at radius 3 is 2.37 bits per heavy atom. The fourth-order valence-electron chi connectivity index (χ4n) is 1.74. The summed E-state index contributed by atoms with van der Waals surface area (Å²) in [4.78, 5) is 0. The molecule has 0 radical (unpaired) electrons. The maximum atomic E-state index is 12.7. The summed E-state index contributed by atoms with van der Waals surface area (Å²) in [6.45, 7) is 0. The molecule has 0 N–H and O–H groups in total. The van der Waals surface area contributed by atoms with E-state index in [1.165, 1.54) is 6.07 Å². The van der Waals surface area contributed by atoms with E-state index in [2.05, 4.69) is 0 Å². The Kier molecular flexibility index (Phi) is 4.07.